The summed E-state index contributed by atoms with van der Waals surface area (Å²) in [5, 5.41) is 3.20. The minimum absolute atomic E-state index is 0.175. The zero-order chi connectivity index (χ0) is 16.8. The maximum Gasteiger partial charge on any atom is 0.241 e. The van der Waals surface area contributed by atoms with Gasteiger partial charge in [-0.2, -0.15) is 0 Å². The fourth-order valence-electron chi connectivity index (χ4n) is 3.03. The van der Waals surface area contributed by atoms with Gasteiger partial charge >= 0.3 is 0 Å². The molecule has 0 aromatic heterocycles. The fraction of sp³-hybridized carbons (Fsp3) is 0.350. The summed E-state index contributed by atoms with van der Waals surface area (Å²) < 4.78 is 0. The highest BCUT2D eigenvalue weighted by atomic mass is 16.2. The first-order chi connectivity index (χ1) is 11.7. The Morgan fingerprint density at radius 3 is 2.33 bits per heavy atom. The van der Waals surface area contributed by atoms with E-state index in [-0.39, 0.29) is 5.91 Å². The normalized spacial score (nSPS) is 15.3. The molecule has 0 spiro atoms. The van der Waals surface area contributed by atoms with Crippen molar-refractivity contribution in [3.63, 3.8) is 0 Å². The Balaban J connectivity index is 1.44. The molecule has 1 heterocycles. The van der Waals surface area contributed by atoms with E-state index in [1.807, 2.05) is 35.2 Å². The number of nitrogens with one attached hydrogen (secondary N) is 1. The number of carbonyl (C=O) groups excluding carboxylic acids is 1. The molecule has 0 saturated carbocycles. The van der Waals surface area contributed by atoms with Crippen LogP contribution in [0.1, 0.15) is 11.1 Å². The van der Waals surface area contributed by atoms with Crippen molar-refractivity contribution in [2.75, 3.05) is 38.0 Å². The Hall–Kier alpha value is -2.33. The average Bonchev–Trinajstić information content (AvgIpc) is 2.63. The molecule has 1 aliphatic heterocycles. The van der Waals surface area contributed by atoms with Gasteiger partial charge < -0.3 is 10.2 Å². The summed E-state index contributed by atoms with van der Waals surface area (Å²) in [6.07, 6.45) is 0. The highest BCUT2D eigenvalue weighted by Gasteiger charge is 2.21. The molecule has 1 amide bonds. The van der Waals surface area contributed by atoms with Crippen molar-refractivity contribution in [3.05, 3.63) is 65.7 Å². The van der Waals surface area contributed by atoms with Crippen LogP contribution >= 0.6 is 0 Å². The molecule has 3 rings (SSSR count). The van der Waals surface area contributed by atoms with Crippen LogP contribution in [-0.4, -0.2) is 48.4 Å². The third kappa shape index (κ3) is 4.36. The lowest BCUT2D eigenvalue weighted by atomic mass is 10.1. The van der Waals surface area contributed by atoms with E-state index in [2.05, 4.69) is 41.4 Å². The van der Waals surface area contributed by atoms with Gasteiger partial charge in [0.2, 0.25) is 5.91 Å². The molecule has 1 saturated heterocycles. The summed E-state index contributed by atoms with van der Waals surface area (Å²) in [5.74, 6) is 0.175. The van der Waals surface area contributed by atoms with E-state index >= 15 is 0 Å². The van der Waals surface area contributed by atoms with Gasteiger partial charge in [0.1, 0.15) is 0 Å². The number of hydrogen-bond acceptors (Lipinski definition) is 3. The molecule has 2 aromatic rings. The van der Waals surface area contributed by atoms with E-state index in [4.69, 9.17) is 0 Å². The smallest absolute Gasteiger partial charge is 0.241 e. The molecule has 1 N–H and O–H groups in total. The Kier molecular flexibility index (Phi) is 5.49. The monoisotopic (exact) mass is 323 g/mol. The minimum Gasteiger partial charge on any atom is -0.376 e. The molecule has 0 radical (unpaired) electrons. The van der Waals surface area contributed by atoms with Crippen LogP contribution in [0.25, 0.3) is 0 Å². The molecule has 126 valence electrons. The first kappa shape index (κ1) is 16.5. The van der Waals surface area contributed by atoms with Gasteiger partial charge in [0.05, 0.1) is 6.54 Å². The second-order valence-corrected chi connectivity index (χ2v) is 6.30. The van der Waals surface area contributed by atoms with Crippen molar-refractivity contribution in [3.8, 4) is 0 Å². The van der Waals surface area contributed by atoms with E-state index in [1.165, 1.54) is 11.1 Å². The fourth-order valence-corrected chi connectivity index (χ4v) is 3.03. The SMILES string of the molecule is Cc1ccccc1CN1CCN(C(=O)CNc2ccccc2)CC1. The number of anilines is 1. The van der Waals surface area contributed by atoms with Crippen LogP contribution in [0.5, 0.6) is 0 Å². The lowest BCUT2D eigenvalue weighted by Gasteiger charge is -2.35. The maximum absolute atomic E-state index is 12.3. The van der Waals surface area contributed by atoms with Crippen LogP contribution in [-0.2, 0) is 11.3 Å². The van der Waals surface area contributed by atoms with Gasteiger partial charge in [-0.3, -0.25) is 9.69 Å². The van der Waals surface area contributed by atoms with Crippen LogP contribution in [0.2, 0.25) is 0 Å². The first-order valence-electron chi connectivity index (χ1n) is 8.56. The molecule has 24 heavy (non-hydrogen) atoms. The average molecular weight is 323 g/mol. The molecule has 1 aliphatic rings. The van der Waals surface area contributed by atoms with Crippen molar-refractivity contribution < 1.29 is 4.79 Å². The molecular weight excluding hydrogens is 298 g/mol. The van der Waals surface area contributed by atoms with E-state index in [9.17, 15) is 4.79 Å². The summed E-state index contributed by atoms with van der Waals surface area (Å²) in [5.41, 5.74) is 3.70. The molecule has 0 bridgehead atoms. The van der Waals surface area contributed by atoms with Gasteiger partial charge in [0.25, 0.3) is 0 Å². The maximum atomic E-state index is 12.3. The summed E-state index contributed by atoms with van der Waals surface area (Å²) in [6, 6.07) is 18.4. The predicted molar refractivity (Wildman–Crippen MR) is 98.0 cm³/mol. The topological polar surface area (TPSA) is 35.6 Å². The van der Waals surface area contributed by atoms with Crippen LogP contribution in [0, 0.1) is 6.92 Å². The van der Waals surface area contributed by atoms with Crippen LogP contribution in [0.15, 0.2) is 54.6 Å². The molecule has 0 atom stereocenters. The molecular formula is C20H25N3O. The van der Waals surface area contributed by atoms with Gasteiger partial charge in [-0.25, -0.2) is 0 Å². The molecule has 4 nitrogen and oxygen atoms in total. The number of carbonyl (C=O) groups is 1. The quantitative estimate of drug-likeness (QED) is 0.919. The third-order valence-corrected chi connectivity index (χ3v) is 4.60. The zero-order valence-electron chi connectivity index (χ0n) is 14.2. The van der Waals surface area contributed by atoms with Crippen molar-refractivity contribution >= 4 is 11.6 Å². The highest BCUT2D eigenvalue weighted by Crippen LogP contribution is 2.13. The molecule has 4 heteroatoms. The van der Waals surface area contributed by atoms with Gasteiger partial charge in [-0.1, -0.05) is 42.5 Å². The summed E-state index contributed by atoms with van der Waals surface area (Å²) in [4.78, 5) is 16.7. The molecule has 0 aliphatic carbocycles. The lowest BCUT2D eigenvalue weighted by Crippen LogP contribution is -2.49. The number of piperazine rings is 1. The van der Waals surface area contributed by atoms with Gasteiger partial charge in [0.15, 0.2) is 0 Å². The summed E-state index contributed by atoms with van der Waals surface area (Å²) in [7, 11) is 0. The molecule has 2 aromatic carbocycles. The van der Waals surface area contributed by atoms with Gasteiger partial charge in [-0.05, 0) is 30.2 Å². The predicted octanol–water partition coefficient (Wildman–Crippen LogP) is 2.75. The zero-order valence-corrected chi connectivity index (χ0v) is 14.2. The van der Waals surface area contributed by atoms with Gasteiger partial charge in [-0.15, -0.1) is 0 Å². The molecule has 0 unspecified atom stereocenters. The lowest BCUT2D eigenvalue weighted by molar-refractivity contribution is -0.131. The van der Waals surface area contributed by atoms with Crippen molar-refractivity contribution in [1.82, 2.24) is 9.80 Å². The van der Waals surface area contributed by atoms with E-state index in [1.54, 1.807) is 0 Å². The van der Waals surface area contributed by atoms with E-state index < -0.39 is 0 Å². The second kappa shape index (κ2) is 7.97. The number of benzene rings is 2. The first-order valence-corrected chi connectivity index (χ1v) is 8.56. The number of para-hydroxylation sites is 1. The van der Waals surface area contributed by atoms with Crippen LogP contribution < -0.4 is 5.32 Å². The minimum atomic E-state index is 0.175. The number of aryl methyl sites for hydroxylation is 1. The Morgan fingerprint density at radius 2 is 1.62 bits per heavy atom. The number of hydrogen-bond donors (Lipinski definition) is 1. The van der Waals surface area contributed by atoms with Crippen molar-refractivity contribution in [2.24, 2.45) is 0 Å². The van der Waals surface area contributed by atoms with E-state index in [0.29, 0.717) is 6.54 Å². The van der Waals surface area contributed by atoms with Crippen molar-refractivity contribution in [2.45, 2.75) is 13.5 Å². The highest BCUT2D eigenvalue weighted by molar-refractivity contribution is 5.81. The largest absolute Gasteiger partial charge is 0.376 e. The Morgan fingerprint density at radius 1 is 0.958 bits per heavy atom. The van der Waals surface area contributed by atoms with Gasteiger partial charge in [0, 0.05) is 38.4 Å². The Bertz CT molecular complexity index is 664. The molecule has 1 fully saturated rings. The third-order valence-electron chi connectivity index (χ3n) is 4.60. The number of rotatable bonds is 5. The second-order valence-electron chi connectivity index (χ2n) is 6.30. The van der Waals surface area contributed by atoms with E-state index in [0.717, 1.165) is 38.4 Å². The van der Waals surface area contributed by atoms with Crippen LogP contribution in [0.4, 0.5) is 5.69 Å². The summed E-state index contributed by atoms with van der Waals surface area (Å²) in [6.45, 7) is 6.97. The van der Waals surface area contributed by atoms with Crippen LogP contribution in [0.3, 0.4) is 0 Å². The Labute approximate surface area is 144 Å². The standard InChI is InChI=1S/C20H25N3O/c1-17-7-5-6-8-18(17)16-22-11-13-23(14-12-22)20(24)15-21-19-9-3-2-4-10-19/h2-10,21H,11-16H2,1H3. The summed E-state index contributed by atoms with van der Waals surface area (Å²) >= 11 is 0. The number of nitrogens with zero attached hydrogens (tertiary/aromatic N) is 2. The van der Waals surface area contributed by atoms with Crippen molar-refractivity contribution in [1.29, 1.82) is 0 Å². The number of amides is 1.